The van der Waals surface area contributed by atoms with Gasteiger partial charge in [-0.2, -0.15) is 0 Å². The van der Waals surface area contributed by atoms with Crippen molar-refractivity contribution in [3.8, 4) is 0 Å². The van der Waals surface area contributed by atoms with Crippen LogP contribution in [0.25, 0.3) is 10.8 Å². The van der Waals surface area contributed by atoms with Gasteiger partial charge in [0.25, 0.3) is 0 Å². The van der Waals surface area contributed by atoms with Gasteiger partial charge in [0.2, 0.25) is 5.91 Å². The number of nitrogens with zero attached hydrogens (tertiary/aromatic N) is 1. The van der Waals surface area contributed by atoms with E-state index >= 15 is 0 Å². The lowest BCUT2D eigenvalue weighted by molar-refractivity contribution is -0.137. The van der Waals surface area contributed by atoms with Crippen molar-refractivity contribution in [2.45, 2.75) is 44.7 Å². The Morgan fingerprint density at radius 3 is 2.83 bits per heavy atom. The number of hydrogen-bond acceptors (Lipinski definition) is 2. The molecule has 4 rings (SSSR count). The third-order valence-electron chi connectivity index (χ3n) is 5.69. The van der Waals surface area contributed by atoms with Crippen LogP contribution in [0.5, 0.6) is 0 Å². The Bertz CT molecular complexity index is 736. The fraction of sp³-hybridized carbons (Fsp3) is 0.476. The molecule has 1 amide bonds. The van der Waals surface area contributed by atoms with E-state index in [1.165, 1.54) is 16.3 Å². The van der Waals surface area contributed by atoms with Crippen LogP contribution in [0.15, 0.2) is 42.5 Å². The van der Waals surface area contributed by atoms with Crippen LogP contribution in [0, 0.1) is 5.92 Å². The van der Waals surface area contributed by atoms with E-state index in [-0.39, 0.29) is 12.0 Å². The number of fused-ring (bicyclic) bond motifs is 1. The first kappa shape index (κ1) is 15.6. The van der Waals surface area contributed by atoms with E-state index in [0.29, 0.717) is 11.9 Å². The van der Waals surface area contributed by atoms with Gasteiger partial charge in [0.1, 0.15) is 0 Å². The predicted octanol–water partition coefficient (Wildman–Crippen LogP) is 3.89. The van der Waals surface area contributed by atoms with Crippen LogP contribution in [0.4, 0.5) is 0 Å². The van der Waals surface area contributed by atoms with Crippen LogP contribution >= 0.6 is 0 Å². The van der Waals surface area contributed by atoms with E-state index in [4.69, 9.17) is 0 Å². The Morgan fingerprint density at radius 1 is 1.12 bits per heavy atom. The number of nitrogens with one attached hydrogen (secondary N) is 1. The summed E-state index contributed by atoms with van der Waals surface area (Å²) in [7, 11) is 0. The molecule has 24 heavy (non-hydrogen) atoms. The first-order valence-electron chi connectivity index (χ1n) is 9.25. The van der Waals surface area contributed by atoms with Gasteiger partial charge in [-0.3, -0.25) is 4.79 Å². The van der Waals surface area contributed by atoms with Crippen LogP contribution < -0.4 is 5.32 Å². The van der Waals surface area contributed by atoms with E-state index in [1.54, 1.807) is 0 Å². The lowest BCUT2D eigenvalue weighted by Gasteiger charge is -2.33. The molecule has 2 aliphatic rings. The molecule has 2 aromatic carbocycles. The van der Waals surface area contributed by atoms with Crippen LogP contribution in [0.2, 0.25) is 0 Å². The molecule has 0 aliphatic carbocycles. The van der Waals surface area contributed by atoms with Gasteiger partial charge in [0.05, 0.1) is 6.04 Å². The molecule has 1 N–H and O–H groups in total. The molecule has 2 heterocycles. The lowest BCUT2D eigenvalue weighted by Crippen LogP contribution is -2.44. The minimum absolute atomic E-state index is 0.192. The highest BCUT2D eigenvalue weighted by Crippen LogP contribution is 2.37. The Kier molecular flexibility index (Phi) is 4.28. The smallest absolute Gasteiger partial charge is 0.226 e. The zero-order chi connectivity index (χ0) is 16.5. The summed E-state index contributed by atoms with van der Waals surface area (Å²) in [6.45, 7) is 4.06. The molecule has 3 nitrogen and oxygen atoms in total. The van der Waals surface area contributed by atoms with Crippen molar-refractivity contribution in [2.75, 3.05) is 13.1 Å². The molecular formula is C21H26N2O. The summed E-state index contributed by atoms with van der Waals surface area (Å²) in [4.78, 5) is 15.3. The molecule has 2 aliphatic heterocycles. The largest absolute Gasteiger partial charge is 0.335 e. The first-order valence-corrected chi connectivity index (χ1v) is 9.25. The molecule has 0 radical (unpaired) electrons. The highest BCUT2D eigenvalue weighted by atomic mass is 16.2. The van der Waals surface area contributed by atoms with Gasteiger partial charge in [-0.1, -0.05) is 42.5 Å². The third-order valence-corrected chi connectivity index (χ3v) is 5.69. The Labute approximate surface area is 144 Å². The van der Waals surface area contributed by atoms with Crippen molar-refractivity contribution in [1.82, 2.24) is 10.2 Å². The zero-order valence-corrected chi connectivity index (χ0v) is 14.4. The second-order valence-electron chi connectivity index (χ2n) is 7.33. The maximum Gasteiger partial charge on any atom is 0.226 e. The SMILES string of the molecule is C[C@H]1C[C@@H](C(=O)N2CCCC2c2cccc3ccccc23)CCN1. The highest BCUT2D eigenvalue weighted by molar-refractivity contribution is 5.87. The van der Waals surface area contributed by atoms with Gasteiger partial charge in [-0.05, 0) is 55.5 Å². The monoisotopic (exact) mass is 322 g/mol. The molecule has 2 fully saturated rings. The Balaban J connectivity index is 1.63. The standard InChI is InChI=1S/C21H26N2O/c1-15-14-17(11-12-22-15)21(24)23-13-5-10-20(23)19-9-4-7-16-6-2-3-8-18(16)19/h2-4,6-9,15,17,20,22H,5,10-14H2,1H3/t15-,17-,20?/m0/s1. The molecule has 3 atom stereocenters. The fourth-order valence-electron chi connectivity index (χ4n) is 4.49. The van der Waals surface area contributed by atoms with Crippen molar-refractivity contribution in [3.05, 3.63) is 48.0 Å². The normalized spacial score (nSPS) is 27.5. The van der Waals surface area contributed by atoms with E-state index in [0.717, 1.165) is 38.8 Å². The molecule has 0 spiro atoms. The summed E-state index contributed by atoms with van der Waals surface area (Å²) in [5.41, 5.74) is 1.32. The number of hydrogen-bond donors (Lipinski definition) is 1. The van der Waals surface area contributed by atoms with Gasteiger partial charge in [-0.15, -0.1) is 0 Å². The van der Waals surface area contributed by atoms with E-state index in [1.807, 2.05) is 0 Å². The number of rotatable bonds is 2. The molecule has 1 unspecified atom stereocenters. The maximum atomic E-state index is 13.2. The molecule has 0 saturated carbocycles. The molecule has 0 bridgehead atoms. The van der Waals surface area contributed by atoms with Crippen LogP contribution in [0.1, 0.15) is 44.2 Å². The second kappa shape index (κ2) is 6.56. The summed E-state index contributed by atoms with van der Waals surface area (Å²) in [6, 6.07) is 15.7. The van der Waals surface area contributed by atoms with Gasteiger partial charge in [0, 0.05) is 18.5 Å². The minimum Gasteiger partial charge on any atom is -0.335 e. The van der Waals surface area contributed by atoms with Crippen molar-refractivity contribution in [3.63, 3.8) is 0 Å². The van der Waals surface area contributed by atoms with Gasteiger partial charge in [-0.25, -0.2) is 0 Å². The van der Waals surface area contributed by atoms with Gasteiger partial charge >= 0.3 is 0 Å². The van der Waals surface area contributed by atoms with E-state index < -0.39 is 0 Å². The van der Waals surface area contributed by atoms with Crippen molar-refractivity contribution < 1.29 is 4.79 Å². The summed E-state index contributed by atoms with van der Waals surface area (Å²) < 4.78 is 0. The molecule has 3 heteroatoms. The summed E-state index contributed by atoms with van der Waals surface area (Å²) in [5.74, 6) is 0.565. The average molecular weight is 322 g/mol. The zero-order valence-electron chi connectivity index (χ0n) is 14.4. The van der Waals surface area contributed by atoms with E-state index in [2.05, 4.69) is 59.6 Å². The summed E-state index contributed by atoms with van der Waals surface area (Å²) in [5, 5.41) is 6.02. The third kappa shape index (κ3) is 2.82. The van der Waals surface area contributed by atoms with Crippen LogP contribution in [0.3, 0.4) is 0 Å². The quantitative estimate of drug-likeness (QED) is 0.910. The molecule has 2 aromatic rings. The average Bonchev–Trinajstić information content (AvgIpc) is 3.10. The molecular weight excluding hydrogens is 296 g/mol. The van der Waals surface area contributed by atoms with Gasteiger partial charge in [0.15, 0.2) is 0 Å². The number of benzene rings is 2. The van der Waals surface area contributed by atoms with Crippen molar-refractivity contribution in [1.29, 1.82) is 0 Å². The van der Waals surface area contributed by atoms with Crippen molar-refractivity contribution >= 4 is 16.7 Å². The topological polar surface area (TPSA) is 32.3 Å². The number of carbonyl (C=O) groups excluding carboxylic acids is 1. The molecule has 126 valence electrons. The van der Waals surface area contributed by atoms with Gasteiger partial charge < -0.3 is 10.2 Å². The maximum absolute atomic E-state index is 13.2. The fourth-order valence-corrected chi connectivity index (χ4v) is 4.49. The number of amides is 1. The second-order valence-corrected chi connectivity index (χ2v) is 7.33. The first-order chi connectivity index (χ1) is 11.7. The minimum atomic E-state index is 0.192. The Morgan fingerprint density at radius 2 is 1.96 bits per heavy atom. The van der Waals surface area contributed by atoms with E-state index in [9.17, 15) is 4.79 Å². The number of carbonyl (C=O) groups is 1. The van der Waals surface area contributed by atoms with Crippen LogP contribution in [-0.4, -0.2) is 29.9 Å². The lowest BCUT2D eigenvalue weighted by atomic mass is 9.91. The number of piperidine rings is 1. The summed E-state index contributed by atoms with van der Waals surface area (Å²) >= 11 is 0. The predicted molar refractivity (Wildman–Crippen MR) is 97.8 cm³/mol. The molecule has 0 aromatic heterocycles. The number of likely N-dealkylation sites (tertiary alicyclic amines) is 1. The summed E-state index contributed by atoms with van der Waals surface area (Å²) in [6.07, 6.45) is 4.14. The van der Waals surface area contributed by atoms with Crippen molar-refractivity contribution in [2.24, 2.45) is 5.92 Å². The van der Waals surface area contributed by atoms with Crippen LogP contribution in [-0.2, 0) is 4.79 Å². The highest BCUT2D eigenvalue weighted by Gasteiger charge is 2.35. The molecule has 2 saturated heterocycles. The Hall–Kier alpha value is -1.87.